The van der Waals surface area contributed by atoms with Crippen LogP contribution in [0.4, 0.5) is 11.6 Å². The molecule has 134 valence electrons. The van der Waals surface area contributed by atoms with Gasteiger partial charge in [0.2, 0.25) is 5.95 Å². The molecule has 0 fully saturated rings. The number of aliphatic imine (C=N–C) groups is 1. The summed E-state index contributed by atoms with van der Waals surface area (Å²) in [6.45, 7) is 2.77. The first-order valence-electron chi connectivity index (χ1n) is 8.53. The fourth-order valence-electron chi connectivity index (χ4n) is 3.32. The van der Waals surface area contributed by atoms with Crippen molar-refractivity contribution in [2.24, 2.45) is 12.0 Å². The molecule has 4 aromatic rings. The van der Waals surface area contributed by atoms with Crippen LogP contribution in [0, 0.1) is 6.92 Å². The van der Waals surface area contributed by atoms with Crippen LogP contribution in [0.3, 0.4) is 0 Å². The minimum atomic E-state index is 0.594. The average molecular weight is 378 g/mol. The van der Waals surface area contributed by atoms with Crippen LogP contribution in [-0.4, -0.2) is 31.2 Å². The van der Waals surface area contributed by atoms with Gasteiger partial charge in [0.25, 0.3) is 0 Å². The summed E-state index contributed by atoms with van der Waals surface area (Å²) in [5.41, 5.74) is 6.15. The number of rotatable bonds is 3. The molecule has 2 N–H and O–H groups in total. The van der Waals surface area contributed by atoms with Crippen molar-refractivity contribution >= 4 is 40.4 Å². The molecule has 27 heavy (non-hydrogen) atoms. The van der Waals surface area contributed by atoms with Crippen molar-refractivity contribution in [2.75, 3.05) is 5.32 Å². The Bertz CT molecular complexity index is 1220. The molecule has 2 aromatic heterocycles. The highest BCUT2D eigenvalue weighted by atomic mass is 35.5. The fourth-order valence-corrected chi connectivity index (χ4v) is 3.58. The maximum atomic E-state index is 6.50. The third kappa shape index (κ3) is 2.59. The van der Waals surface area contributed by atoms with E-state index in [0.29, 0.717) is 23.3 Å². The molecule has 1 aliphatic heterocycles. The quantitative estimate of drug-likeness (QED) is 0.565. The lowest BCUT2D eigenvalue weighted by atomic mass is 10.0. The minimum Gasteiger partial charge on any atom is -0.323 e. The molecular weight excluding hydrogens is 362 g/mol. The summed E-state index contributed by atoms with van der Waals surface area (Å²) >= 11 is 6.50. The summed E-state index contributed by atoms with van der Waals surface area (Å²) in [4.78, 5) is 9.02. The molecular formula is C19H16ClN7. The number of hydrogen-bond acceptors (Lipinski definition) is 5. The van der Waals surface area contributed by atoms with Crippen LogP contribution in [0.2, 0.25) is 5.02 Å². The first-order chi connectivity index (χ1) is 13.1. The lowest BCUT2D eigenvalue weighted by Crippen LogP contribution is -2.00. The molecule has 7 nitrogen and oxygen atoms in total. The van der Waals surface area contributed by atoms with Gasteiger partial charge in [-0.1, -0.05) is 11.6 Å². The smallest absolute Gasteiger partial charge is 0.225 e. The molecule has 0 saturated carbocycles. The van der Waals surface area contributed by atoms with E-state index in [-0.39, 0.29) is 0 Å². The Labute approximate surface area is 160 Å². The number of halogens is 1. The summed E-state index contributed by atoms with van der Waals surface area (Å²) < 4.78 is 1.72. The average Bonchev–Trinajstić information content (AvgIpc) is 3.36. The minimum absolute atomic E-state index is 0.594. The monoisotopic (exact) mass is 377 g/mol. The molecule has 0 unspecified atom stereocenters. The fraction of sp³-hybridized carbons (Fsp3) is 0.158. The predicted molar refractivity (Wildman–Crippen MR) is 107 cm³/mol. The molecule has 8 heteroatoms. The number of nitrogens with zero attached hydrogens (tertiary/aromatic N) is 5. The van der Waals surface area contributed by atoms with Crippen molar-refractivity contribution in [1.29, 1.82) is 0 Å². The molecule has 0 spiro atoms. The molecule has 0 aliphatic carbocycles. The largest absolute Gasteiger partial charge is 0.323 e. The molecule has 0 amide bonds. The number of benzene rings is 2. The topological polar surface area (TPSA) is 83.8 Å². The second-order valence-electron chi connectivity index (χ2n) is 6.60. The van der Waals surface area contributed by atoms with Crippen LogP contribution in [0.1, 0.15) is 16.7 Å². The van der Waals surface area contributed by atoms with Crippen molar-refractivity contribution < 1.29 is 0 Å². The molecule has 0 radical (unpaired) electrons. The van der Waals surface area contributed by atoms with Gasteiger partial charge in [-0.2, -0.15) is 10.1 Å². The van der Waals surface area contributed by atoms with Crippen molar-refractivity contribution in [3.63, 3.8) is 0 Å². The lowest BCUT2D eigenvalue weighted by molar-refractivity contribution is 0.778. The van der Waals surface area contributed by atoms with Crippen LogP contribution in [0.25, 0.3) is 22.3 Å². The Hall–Kier alpha value is -3.19. The second-order valence-corrected chi connectivity index (χ2v) is 6.98. The van der Waals surface area contributed by atoms with Gasteiger partial charge in [0.15, 0.2) is 5.82 Å². The summed E-state index contributed by atoms with van der Waals surface area (Å²) in [5.74, 6) is 1.29. The number of fused-ring (bicyclic) bond motifs is 2. The maximum absolute atomic E-state index is 6.50. The molecule has 0 atom stereocenters. The number of anilines is 2. The Morgan fingerprint density at radius 1 is 1.26 bits per heavy atom. The van der Waals surface area contributed by atoms with Crippen molar-refractivity contribution in [3.05, 3.63) is 52.2 Å². The van der Waals surface area contributed by atoms with E-state index < -0.39 is 0 Å². The predicted octanol–water partition coefficient (Wildman–Crippen LogP) is 4.00. The van der Waals surface area contributed by atoms with E-state index in [1.807, 2.05) is 25.4 Å². The first-order valence-corrected chi connectivity index (χ1v) is 8.91. The maximum Gasteiger partial charge on any atom is 0.225 e. The third-order valence-electron chi connectivity index (χ3n) is 4.79. The van der Waals surface area contributed by atoms with E-state index in [4.69, 9.17) is 11.6 Å². The summed E-state index contributed by atoms with van der Waals surface area (Å²) in [6, 6.07) is 8.09. The summed E-state index contributed by atoms with van der Waals surface area (Å²) in [7, 11) is 1.86. The zero-order chi connectivity index (χ0) is 18.5. The Balaban J connectivity index is 1.52. The lowest BCUT2D eigenvalue weighted by Gasteiger charge is -2.07. The van der Waals surface area contributed by atoms with Crippen LogP contribution in [0.5, 0.6) is 0 Å². The van der Waals surface area contributed by atoms with Crippen LogP contribution >= 0.6 is 11.6 Å². The number of H-pyrrole nitrogens is 1. The molecule has 0 saturated heterocycles. The Morgan fingerprint density at radius 3 is 3.04 bits per heavy atom. The normalized spacial score (nSPS) is 12.7. The zero-order valence-electron chi connectivity index (χ0n) is 14.8. The van der Waals surface area contributed by atoms with Gasteiger partial charge in [0, 0.05) is 24.2 Å². The molecule has 1 aliphatic rings. The number of hydrogen-bond donors (Lipinski definition) is 2. The highest BCUT2D eigenvalue weighted by Crippen LogP contribution is 2.32. The standard InChI is InChI=1S/C19H16ClN7/c1-10-5-11-7-21-8-12(11)6-13(10)18-24-19(27(2)26-18)23-16-4-3-15-14(17(16)20)9-22-25-15/h3-7,9H,8H2,1-2H3,(H,22,25)(H,23,24,26). The van der Waals surface area contributed by atoms with Gasteiger partial charge < -0.3 is 5.32 Å². The number of nitrogens with one attached hydrogen (secondary N) is 2. The number of aryl methyl sites for hydroxylation is 2. The first kappa shape index (κ1) is 16.0. The van der Waals surface area contributed by atoms with E-state index in [0.717, 1.165) is 27.7 Å². The van der Waals surface area contributed by atoms with E-state index in [1.54, 1.807) is 10.9 Å². The Morgan fingerprint density at radius 2 is 2.15 bits per heavy atom. The van der Waals surface area contributed by atoms with Gasteiger partial charge in [0.05, 0.1) is 29.0 Å². The van der Waals surface area contributed by atoms with E-state index in [9.17, 15) is 0 Å². The van der Waals surface area contributed by atoms with Crippen molar-refractivity contribution in [2.45, 2.75) is 13.5 Å². The molecule has 2 aromatic carbocycles. The highest BCUT2D eigenvalue weighted by Gasteiger charge is 2.17. The number of aromatic nitrogens is 5. The van der Waals surface area contributed by atoms with Gasteiger partial charge in [-0.25, -0.2) is 4.68 Å². The second kappa shape index (κ2) is 5.92. The third-order valence-corrected chi connectivity index (χ3v) is 5.19. The molecule has 3 heterocycles. The van der Waals surface area contributed by atoms with Gasteiger partial charge in [0.1, 0.15) is 0 Å². The molecule has 0 bridgehead atoms. The Kier molecular flexibility index (Phi) is 3.51. The molecule has 5 rings (SSSR count). The van der Waals surface area contributed by atoms with Crippen LogP contribution in [0.15, 0.2) is 35.5 Å². The number of aromatic amines is 1. The highest BCUT2D eigenvalue weighted by molar-refractivity contribution is 6.38. The van der Waals surface area contributed by atoms with E-state index in [1.165, 1.54) is 11.1 Å². The zero-order valence-corrected chi connectivity index (χ0v) is 15.5. The van der Waals surface area contributed by atoms with Crippen LogP contribution in [-0.2, 0) is 13.6 Å². The van der Waals surface area contributed by atoms with Gasteiger partial charge in [-0.05, 0) is 47.9 Å². The summed E-state index contributed by atoms with van der Waals surface area (Å²) in [6.07, 6.45) is 3.62. The van der Waals surface area contributed by atoms with Gasteiger partial charge in [-0.3, -0.25) is 10.1 Å². The van der Waals surface area contributed by atoms with Crippen LogP contribution < -0.4 is 5.32 Å². The van der Waals surface area contributed by atoms with Gasteiger partial charge in [-0.15, -0.1) is 5.10 Å². The van der Waals surface area contributed by atoms with E-state index >= 15 is 0 Å². The van der Waals surface area contributed by atoms with Gasteiger partial charge >= 0.3 is 0 Å². The SMILES string of the molecule is Cc1cc2c(cc1-c1nc(Nc3ccc4[nH]ncc4c3Cl)n(C)n1)CN=C2. The van der Waals surface area contributed by atoms with Crippen molar-refractivity contribution in [3.8, 4) is 11.4 Å². The summed E-state index contributed by atoms with van der Waals surface area (Å²) in [5, 5.41) is 16.3. The van der Waals surface area contributed by atoms with E-state index in [2.05, 4.69) is 49.6 Å². The van der Waals surface area contributed by atoms with Crippen molar-refractivity contribution in [1.82, 2.24) is 25.0 Å².